The third kappa shape index (κ3) is 2.66. The first kappa shape index (κ1) is 14.1. The molecule has 1 rings (SSSR count). The van der Waals surface area contributed by atoms with Crippen LogP contribution >= 0.6 is 0 Å². The lowest BCUT2D eigenvalue weighted by molar-refractivity contribution is -0.141. The molecule has 4 nitrogen and oxygen atoms in total. The minimum Gasteiger partial charge on any atom is -0.496 e. The highest BCUT2D eigenvalue weighted by molar-refractivity contribution is 5.88. The standard InChI is InChI=1S/C9H6F5NO3/c1-18-3-2-4(9(12,13)14)15-6(8(16)17)5(3)7(10)11/h2,7H,1H3,(H,16,17). The van der Waals surface area contributed by atoms with Crippen LogP contribution in [0, 0.1) is 0 Å². The summed E-state index contributed by atoms with van der Waals surface area (Å²) in [5.74, 6) is -2.86. The lowest BCUT2D eigenvalue weighted by Gasteiger charge is -2.13. The van der Waals surface area contributed by atoms with E-state index in [1.165, 1.54) is 0 Å². The van der Waals surface area contributed by atoms with Crippen LogP contribution in [0.15, 0.2) is 6.07 Å². The molecule has 1 heterocycles. The molecule has 0 radical (unpaired) electrons. The van der Waals surface area contributed by atoms with E-state index in [0.717, 1.165) is 7.11 Å². The van der Waals surface area contributed by atoms with Crippen molar-refractivity contribution in [3.05, 3.63) is 23.0 Å². The number of aromatic nitrogens is 1. The van der Waals surface area contributed by atoms with E-state index in [9.17, 15) is 26.7 Å². The summed E-state index contributed by atoms with van der Waals surface area (Å²) in [6, 6.07) is 0.230. The van der Waals surface area contributed by atoms with E-state index in [1.807, 2.05) is 0 Å². The first-order valence-corrected chi connectivity index (χ1v) is 4.36. The summed E-state index contributed by atoms with van der Waals surface area (Å²) in [5.41, 5.74) is -4.17. The zero-order valence-corrected chi connectivity index (χ0v) is 8.76. The van der Waals surface area contributed by atoms with Crippen LogP contribution in [-0.4, -0.2) is 23.2 Å². The predicted molar refractivity (Wildman–Crippen MR) is 47.7 cm³/mol. The first-order valence-electron chi connectivity index (χ1n) is 4.36. The van der Waals surface area contributed by atoms with Gasteiger partial charge in [0.1, 0.15) is 11.4 Å². The van der Waals surface area contributed by atoms with Gasteiger partial charge in [0.25, 0.3) is 6.43 Å². The number of aromatic carboxylic acids is 1. The van der Waals surface area contributed by atoms with E-state index in [1.54, 1.807) is 0 Å². The molecule has 0 saturated carbocycles. The van der Waals surface area contributed by atoms with Crippen molar-refractivity contribution < 1.29 is 36.6 Å². The molecule has 1 N–H and O–H groups in total. The topological polar surface area (TPSA) is 59.4 Å². The highest BCUT2D eigenvalue weighted by Crippen LogP contribution is 2.36. The van der Waals surface area contributed by atoms with Gasteiger partial charge < -0.3 is 9.84 Å². The van der Waals surface area contributed by atoms with E-state index < -0.39 is 41.3 Å². The van der Waals surface area contributed by atoms with Crippen LogP contribution in [0.2, 0.25) is 0 Å². The van der Waals surface area contributed by atoms with E-state index in [-0.39, 0.29) is 6.07 Å². The second-order valence-electron chi connectivity index (χ2n) is 3.08. The molecule has 0 fully saturated rings. The fourth-order valence-corrected chi connectivity index (χ4v) is 1.22. The number of carboxylic acids is 1. The van der Waals surface area contributed by atoms with Gasteiger partial charge in [-0.25, -0.2) is 18.6 Å². The van der Waals surface area contributed by atoms with Crippen molar-refractivity contribution in [3.63, 3.8) is 0 Å². The molecule has 0 amide bonds. The molecular weight excluding hydrogens is 265 g/mol. The van der Waals surface area contributed by atoms with Crippen molar-refractivity contribution in [1.29, 1.82) is 0 Å². The number of nitrogens with zero attached hydrogens (tertiary/aromatic N) is 1. The Morgan fingerprint density at radius 3 is 2.33 bits per heavy atom. The van der Waals surface area contributed by atoms with Gasteiger partial charge in [-0.2, -0.15) is 13.2 Å². The number of hydrogen-bond donors (Lipinski definition) is 1. The van der Waals surface area contributed by atoms with E-state index in [2.05, 4.69) is 9.72 Å². The molecule has 9 heteroatoms. The van der Waals surface area contributed by atoms with Gasteiger partial charge in [-0.1, -0.05) is 0 Å². The molecule has 0 aliphatic heterocycles. The molecular formula is C9H6F5NO3. The molecule has 0 bridgehead atoms. The van der Waals surface area contributed by atoms with Gasteiger partial charge in [0.15, 0.2) is 5.69 Å². The van der Waals surface area contributed by atoms with Gasteiger partial charge in [-0.15, -0.1) is 0 Å². The maximum atomic E-state index is 12.6. The molecule has 1 aromatic rings. The number of ether oxygens (including phenoxy) is 1. The highest BCUT2D eigenvalue weighted by Gasteiger charge is 2.37. The first-order chi connectivity index (χ1) is 8.18. The lowest BCUT2D eigenvalue weighted by atomic mass is 10.1. The van der Waals surface area contributed by atoms with Crippen molar-refractivity contribution in [2.75, 3.05) is 7.11 Å². The number of rotatable bonds is 3. The number of hydrogen-bond acceptors (Lipinski definition) is 3. The quantitative estimate of drug-likeness (QED) is 0.859. The zero-order valence-electron chi connectivity index (χ0n) is 8.76. The van der Waals surface area contributed by atoms with Crippen LogP contribution in [0.25, 0.3) is 0 Å². The Kier molecular flexibility index (Phi) is 3.73. The molecule has 0 aliphatic rings. The second-order valence-corrected chi connectivity index (χ2v) is 3.08. The van der Waals surface area contributed by atoms with E-state index in [4.69, 9.17) is 5.11 Å². The minimum atomic E-state index is -4.96. The molecule has 0 atom stereocenters. The predicted octanol–water partition coefficient (Wildman–Crippen LogP) is 2.74. The third-order valence-corrected chi connectivity index (χ3v) is 1.95. The van der Waals surface area contributed by atoms with Gasteiger partial charge in [-0.3, -0.25) is 0 Å². The van der Waals surface area contributed by atoms with Gasteiger partial charge in [0.2, 0.25) is 0 Å². The summed E-state index contributed by atoms with van der Waals surface area (Å²) in [6.45, 7) is 0. The highest BCUT2D eigenvalue weighted by atomic mass is 19.4. The number of halogens is 5. The third-order valence-electron chi connectivity index (χ3n) is 1.95. The molecule has 0 unspecified atom stereocenters. The van der Waals surface area contributed by atoms with Crippen LogP contribution in [0.4, 0.5) is 22.0 Å². The van der Waals surface area contributed by atoms with E-state index >= 15 is 0 Å². The van der Waals surface area contributed by atoms with Crippen molar-refractivity contribution in [2.45, 2.75) is 12.6 Å². The average molecular weight is 271 g/mol. The molecule has 1 aromatic heterocycles. The number of pyridine rings is 1. The number of carboxylic acid groups (broad SMARTS) is 1. The smallest absolute Gasteiger partial charge is 0.433 e. The van der Waals surface area contributed by atoms with Gasteiger partial charge in [-0.05, 0) is 0 Å². The molecule has 0 saturated heterocycles. The number of carbonyl (C=O) groups is 1. The summed E-state index contributed by atoms with van der Waals surface area (Å²) in [4.78, 5) is 13.3. The Bertz CT molecular complexity index is 472. The van der Waals surface area contributed by atoms with Crippen molar-refractivity contribution in [2.24, 2.45) is 0 Å². The monoisotopic (exact) mass is 271 g/mol. The van der Waals surface area contributed by atoms with Crippen LogP contribution in [0.3, 0.4) is 0 Å². The van der Waals surface area contributed by atoms with Crippen LogP contribution < -0.4 is 4.74 Å². The average Bonchev–Trinajstić information content (AvgIpc) is 2.25. The van der Waals surface area contributed by atoms with Crippen LogP contribution in [0.1, 0.15) is 28.2 Å². The van der Waals surface area contributed by atoms with Crippen LogP contribution in [-0.2, 0) is 6.18 Å². The normalized spacial score (nSPS) is 11.7. The summed E-state index contributed by atoms with van der Waals surface area (Å²) >= 11 is 0. The fraction of sp³-hybridized carbons (Fsp3) is 0.333. The Morgan fingerprint density at radius 2 is 2.00 bits per heavy atom. The SMILES string of the molecule is COc1cc(C(F)(F)F)nc(C(=O)O)c1C(F)F. The zero-order chi connectivity index (χ0) is 14.1. The second kappa shape index (κ2) is 4.75. The van der Waals surface area contributed by atoms with Gasteiger partial charge in [0.05, 0.1) is 12.7 Å². The largest absolute Gasteiger partial charge is 0.496 e. The molecule has 0 spiro atoms. The molecule has 0 aromatic carbocycles. The summed E-state index contributed by atoms with van der Waals surface area (Å²) in [7, 11) is 0.854. The summed E-state index contributed by atoms with van der Waals surface area (Å²) in [5, 5.41) is 8.61. The minimum absolute atomic E-state index is 0.230. The Morgan fingerprint density at radius 1 is 1.44 bits per heavy atom. The van der Waals surface area contributed by atoms with Gasteiger partial charge in [0, 0.05) is 6.07 Å². The van der Waals surface area contributed by atoms with Crippen molar-refractivity contribution in [3.8, 4) is 5.75 Å². The summed E-state index contributed by atoms with van der Waals surface area (Å²) in [6.07, 6.45) is -8.28. The summed E-state index contributed by atoms with van der Waals surface area (Å²) < 4.78 is 66.7. The van der Waals surface area contributed by atoms with Crippen LogP contribution in [0.5, 0.6) is 5.75 Å². The van der Waals surface area contributed by atoms with Gasteiger partial charge >= 0.3 is 12.1 Å². The number of alkyl halides is 5. The molecule has 18 heavy (non-hydrogen) atoms. The molecule has 0 aliphatic carbocycles. The van der Waals surface area contributed by atoms with Crippen molar-refractivity contribution in [1.82, 2.24) is 4.98 Å². The maximum absolute atomic E-state index is 12.6. The lowest BCUT2D eigenvalue weighted by Crippen LogP contribution is -2.15. The molecule has 100 valence electrons. The Hall–Kier alpha value is -1.93. The Balaban J connectivity index is 3.59. The van der Waals surface area contributed by atoms with E-state index in [0.29, 0.717) is 0 Å². The number of methoxy groups -OCH3 is 1. The van der Waals surface area contributed by atoms with Crippen molar-refractivity contribution >= 4 is 5.97 Å². The Labute approximate surface area is 97.0 Å². The fourth-order valence-electron chi connectivity index (χ4n) is 1.22. The maximum Gasteiger partial charge on any atom is 0.433 e.